The number of esters is 3. The molecule has 0 N–H and O–H groups in total. The van der Waals surface area contributed by atoms with E-state index in [1.807, 2.05) is 0 Å². The lowest BCUT2D eigenvalue weighted by Crippen LogP contribution is -2.30. The lowest BCUT2D eigenvalue weighted by Gasteiger charge is -2.18. The monoisotopic (exact) mass is 1110 g/mol. The number of hydrogen-bond donors (Lipinski definition) is 0. The molecule has 0 radical (unpaired) electrons. The average Bonchev–Trinajstić information content (AvgIpc) is 3.45. The van der Waals surface area contributed by atoms with E-state index >= 15 is 0 Å². The van der Waals surface area contributed by atoms with Crippen LogP contribution in [0.4, 0.5) is 0 Å². The molecule has 0 fully saturated rings. The van der Waals surface area contributed by atoms with E-state index in [4.69, 9.17) is 14.2 Å². The number of carbonyl (C=O) groups is 3. The molecule has 0 aromatic carbocycles. The van der Waals surface area contributed by atoms with Crippen LogP contribution in [0.15, 0.2) is 24.3 Å². The average molecular weight is 1110 g/mol. The largest absolute Gasteiger partial charge is 0.462 e. The van der Waals surface area contributed by atoms with E-state index in [1.165, 1.54) is 295 Å². The van der Waals surface area contributed by atoms with Crippen molar-refractivity contribution in [2.45, 2.75) is 412 Å². The number of ether oxygens (including phenoxy) is 3. The highest BCUT2D eigenvalue weighted by atomic mass is 16.6. The predicted molar refractivity (Wildman–Crippen MR) is 344 cm³/mol. The molecule has 0 amide bonds. The van der Waals surface area contributed by atoms with Gasteiger partial charge >= 0.3 is 17.9 Å². The van der Waals surface area contributed by atoms with Crippen LogP contribution in [0.5, 0.6) is 0 Å². The first-order chi connectivity index (χ1) is 39.0. The highest BCUT2D eigenvalue weighted by Crippen LogP contribution is 2.19. The van der Waals surface area contributed by atoms with Gasteiger partial charge in [0.2, 0.25) is 0 Å². The second-order valence-corrected chi connectivity index (χ2v) is 24.5. The van der Waals surface area contributed by atoms with Crippen molar-refractivity contribution in [1.82, 2.24) is 0 Å². The molecule has 0 bridgehead atoms. The zero-order valence-electron chi connectivity index (χ0n) is 53.7. The van der Waals surface area contributed by atoms with Crippen molar-refractivity contribution in [2.75, 3.05) is 13.2 Å². The minimum Gasteiger partial charge on any atom is -0.462 e. The van der Waals surface area contributed by atoms with Gasteiger partial charge in [0, 0.05) is 19.3 Å². The predicted octanol–water partition coefficient (Wildman–Crippen LogP) is 24.6. The van der Waals surface area contributed by atoms with Gasteiger partial charge in [0.1, 0.15) is 13.2 Å². The molecule has 0 aromatic heterocycles. The zero-order valence-corrected chi connectivity index (χ0v) is 53.7. The molecular weight excluding hydrogens is 973 g/mol. The summed E-state index contributed by atoms with van der Waals surface area (Å²) in [4.78, 5) is 38.4. The van der Waals surface area contributed by atoms with E-state index in [0.29, 0.717) is 19.3 Å². The Kier molecular flexibility index (Phi) is 66.6. The van der Waals surface area contributed by atoms with Gasteiger partial charge in [-0.15, -0.1) is 0 Å². The molecule has 79 heavy (non-hydrogen) atoms. The van der Waals surface area contributed by atoms with Gasteiger partial charge in [-0.05, 0) is 51.4 Å². The second-order valence-electron chi connectivity index (χ2n) is 24.5. The van der Waals surface area contributed by atoms with Gasteiger partial charge in [-0.25, -0.2) is 0 Å². The van der Waals surface area contributed by atoms with Crippen LogP contribution in [0.2, 0.25) is 0 Å². The summed E-state index contributed by atoms with van der Waals surface area (Å²) in [6, 6.07) is 0. The summed E-state index contributed by atoms with van der Waals surface area (Å²) in [5, 5.41) is 0. The van der Waals surface area contributed by atoms with E-state index in [9.17, 15) is 14.4 Å². The minimum atomic E-state index is -0.772. The maximum atomic E-state index is 12.9. The van der Waals surface area contributed by atoms with Crippen molar-refractivity contribution in [3.8, 4) is 0 Å². The maximum Gasteiger partial charge on any atom is 0.306 e. The minimum absolute atomic E-state index is 0.0681. The van der Waals surface area contributed by atoms with Crippen LogP contribution in [0.25, 0.3) is 0 Å². The van der Waals surface area contributed by atoms with E-state index in [2.05, 4.69) is 45.1 Å². The summed E-state index contributed by atoms with van der Waals surface area (Å²) >= 11 is 0. The van der Waals surface area contributed by atoms with Crippen LogP contribution in [0.1, 0.15) is 406 Å². The fourth-order valence-corrected chi connectivity index (χ4v) is 11.1. The normalized spacial score (nSPS) is 12.1. The fraction of sp³-hybridized carbons (Fsp3) is 0.904. The molecule has 466 valence electrons. The summed E-state index contributed by atoms with van der Waals surface area (Å²) in [6.45, 7) is 6.70. The summed E-state index contributed by atoms with van der Waals surface area (Å²) in [5.41, 5.74) is 0. The van der Waals surface area contributed by atoms with E-state index in [1.54, 1.807) is 0 Å². The van der Waals surface area contributed by atoms with Crippen molar-refractivity contribution in [2.24, 2.45) is 0 Å². The van der Waals surface area contributed by atoms with Crippen molar-refractivity contribution in [3.05, 3.63) is 24.3 Å². The third-order valence-electron chi connectivity index (χ3n) is 16.5. The van der Waals surface area contributed by atoms with Gasteiger partial charge in [0.15, 0.2) is 6.10 Å². The highest BCUT2D eigenvalue weighted by molar-refractivity contribution is 5.71. The molecule has 0 aliphatic carbocycles. The Hall–Kier alpha value is -2.11. The van der Waals surface area contributed by atoms with Gasteiger partial charge in [0.25, 0.3) is 0 Å². The molecule has 0 heterocycles. The third-order valence-corrected chi connectivity index (χ3v) is 16.5. The lowest BCUT2D eigenvalue weighted by atomic mass is 10.0. The van der Waals surface area contributed by atoms with Gasteiger partial charge in [-0.2, -0.15) is 0 Å². The maximum absolute atomic E-state index is 12.9. The van der Waals surface area contributed by atoms with Crippen LogP contribution in [0.3, 0.4) is 0 Å². The van der Waals surface area contributed by atoms with Crippen LogP contribution < -0.4 is 0 Å². The highest BCUT2D eigenvalue weighted by Gasteiger charge is 2.19. The molecule has 1 atom stereocenters. The Morgan fingerprint density at radius 2 is 0.456 bits per heavy atom. The van der Waals surface area contributed by atoms with E-state index in [-0.39, 0.29) is 31.1 Å². The first-order valence-corrected chi connectivity index (χ1v) is 35.8. The van der Waals surface area contributed by atoms with Crippen molar-refractivity contribution in [3.63, 3.8) is 0 Å². The summed E-state index contributed by atoms with van der Waals surface area (Å²) in [7, 11) is 0. The zero-order chi connectivity index (χ0) is 57.1. The fourth-order valence-electron chi connectivity index (χ4n) is 11.1. The standard InChI is InChI=1S/C73H138O6/c1-4-7-10-13-16-19-22-25-28-30-32-33-34-35-36-37-38-39-40-41-43-45-48-51-54-57-60-63-66-72(75)78-69-70(68-77-71(74)65-62-59-56-53-50-47-44-27-24-21-18-15-12-9-6-3)79-73(76)67-64-61-58-55-52-49-46-42-31-29-26-23-20-17-14-11-8-5-2/h20,23,29,31,70H,4-19,21-22,24-28,30,32-69H2,1-3H3/b23-20-,31-29-. The number of unbranched alkanes of at least 4 members (excludes halogenated alkanes) is 52. The second kappa shape index (κ2) is 68.4. The van der Waals surface area contributed by atoms with Crippen LogP contribution in [-0.4, -0.2) is 37.2 Å². The van der Waals surface area contributed by atoms with Crippen LogP contribution in [-0.2, 0) is 28.6 Å². The molecular formula is C73H138O6. The van der Waals surface area contributed by atoms with Crippen LogP contribution >= 0.6 is 0 Å². The number of rotatable bonds is 67. The summed E-state index contributed by atoms with van der Waals surface area (Å²) in [6.07, 6.45) is 83.6. The molecule has 1 unspecified atom stereocenters. The molecule has 6 nitrogen and oxygen atoms in total. The topological polar surface area (TPSA) is 78.9 Å². The number of allylic oxidation sites excluding steroid dienone is 4. The number of hydrogen-bond acceptors (Lipinski definition) is 6. The van der Waals surface area contributed by atoms with Gasteiger partial charge in [-0.3, -0.25) is 14.4 Å². The molecule has 0 aliphatic rings. The Morgan fingerprint density at radius 3 is 0.709 bits per heavy atom. The van der Waals surface area contributed by atoms with Gasteiger partial charge < -0.3 is 14.2 Å². The van der Waals surface area contributed by atoms with E-state index in [0.717, 1.165) is 70.6 Å². The third kappa shape index (κ3) is 66.6. The smallest absolute Gasteiger partial charge is 0.306 e. The Labute approximate surface area is 493 Å². The molecule has 6 heteroatoms. The van der Waals surface area contributed by atoms with Crippen molar-refractivity contribution in [1.29, 1.82) is 0 Å². The molecule has 0 aromatic rings. The molecule has 0 aliphatic heterocycles. The van der Waals surface area contributed by atoms with Gasteiger partial charge in [-0.1, -0.05) is 360 Å². The first-order valence-electron chi connectivity index (χ1n) is 35.8. The van der Waals surface area contributed by atoms with Gasteiger partial charge in [0.05, 0.1) is 0 Å². The molecule has 0 saturated heterocycles. The Bertz CT molecular complexity index is 1270. The van der Waals surface area contributed by atoms with Crippen LogP contribution in [0, 0.1) is 0 Å². The summed E-state index contributed by atoms with van der Waals surface area (Å²) in [5.74, 6) is -0.843. The number of carbonyl (C=O) groups excluding carboxylic acids is 3. The van der Waals surface area contributed by atoms with Crippen molar-refractivity contribution < 1.29 is 28.6 Å². The molecule has 0 saturated carbocycles. The van der Waals surface area contributed by atoms with E-state index < -0.39 is 6.10 Å². The Morgan fingerprint density at radius 1 is 0.253 bits per heavy atom. The summed E-state index contributed by atoms with van der Waals surface area (Å²) < 4.78 is 17.0. The quantitative estimate of drug-likeness (QED) is 0.0261. The SMILES string of the molecule is CCCCCC/C=C\C/C=C\CCCCCCCCCC(=O)OC(COC(=O)CCCCCCCCCCCCCCCCC)COC(=O)CCCCCCCCCCCCCCCCCCCCCCCCCCCCCC. The van der Waals surface area contributed by atoms with Crippen molar-refractivity contribution >= 4 is 17.9 Å². The molecule has 0 rings (SSSR count). The lowest BCUT2D eigenvalue weighted by molar-refractivity contribution is -0.167. The first kappa shape index (κ1) is 76.9. The molecule has 0 spiro atoms. The Balaban J connectivity index is 4.20.